The molecule has 0 saturated carbocycles. The van der Waals surface area contributed by atoms with Crippen LogP contribution in [0.2, 0.25) is 0 Å². The van der Waals surface area contributed by atoms with Crippen LogP contribution in [0.25, 0.3) is 0 Å². The van der Waals surface area contributed by atoms with E-state index < -0.39 is 0 Å². The van der Waals surface area contributed by atoms with E-state index >= 15 is 0 Å². The minimum absolute atomic E-state index is 0.628. The minimum Gasteiger partial charge on any atom is -0.309 e. The first-order valence-corrected chi connectivity index (χ1v) is 5.25. The molecule has 1 aromatic heterocycles. The third kappa shape index (κ3) is 3.88. The minimum atomic E-state index is 0.628. The fraction of sp³-hybridized carbons (Fsp3) is 0.583. The molecule has 0 aliphatic carbocycles. The Morgan fingerprint density at radius 2 is 2.21 bits per heavy atom. The average molecular weight is 192 g/mol. The van der Waals surface area contributed by atoms with Crippen LogP contribution in [0.15, 0.2) is 24.5 Å². The molecule has 1 rings (SSSR count). The molecule has 0 bridgehead atoms. The molecule has 78 valence electrons. The van der Waals surface area contributed by atoms with E-state index in [-0.39, 0.29) is 0 Å². The molecule has 2 nitrogen and oxygen atoms in total. The summed E-state index contributed by atoms with van der Waals surface area (Å²) in [6.45, 7) is 3.44. The maximum absolute atomic E-state index is 4.14. The first-order chi connectivity index (χ1) is 6.70. The van der Waals surface area contributed by atoms with Gasteiger partial charge in [-0.2, -0.15) is 0 Å². The van der Waals surface area contributed by atoms with Crippen molar-refractivity contribution < 1.29 is 0 Å². The highest BCUT2D eigenvalue weighted by Crippen LogP contribution is 2.18. The Labute approximate surface area is 87.0 Å². The second-order valence-electron chi connectivity index (χ2n) is 4.13. The molecule has 0 aliphatic rings. The first kappa shape index (κ1) is 11.2. The molecular formula is C12H20N2. The number of pyridine rings is 1. The summed E-state index contributed by atoms with van der Waals surface area (Å²) in [5, 5.41) is 0. The monoisotopic (exact) mass is 192 g/mol. The number of hydrogen-bond donors (Lipinski definition) is 0. The highest BCUT2D eigenvalue weighted by Gasteiger charge is 2.04. The summed E-state index contributed by atoms with van der Waals surface area (Å²) < 4.78 is 0. The summed E-state index contributed by atoms with van der Waals surface area (Å²) in [5.74, 6) is 0.628. The van der Waals surface area contributed by atoms with Crippen LogP contribution in [0.3, 0.4) is 0 Å². The second kappa shape index (κ2) is 5.76. The number of nitrogens with zero attached hydrogens (tertiary/aromatic N) is 2. The molecular weight excluding hydrogens is 172 g/mol. The van der Waals surface area contributed by atoms with Crippen LogP contribution in [0, 0.1) is 0 Å². The lowest BCUT2D eigenvalue weighted by molar-refractivity contribution is 0.387. The van der Waals surface area contributed by atoms with Crippen LogP contribution in [-0.2, 0) is 0 Å². The Morgan fingerprint density at radius 3 is 2.79 bits per heavy atom. The second-order valence-corrected chi connectivity index (χ2v) is 4.13. The Morgan fingerprint density at radius 1 is 1.43 bits per heavy atom. The zero-order valence-electron chi connectivity index (χ0n) is 9.40. The van der Waals surface area contributed by atoms with Crippen LogP contribution in [0.5, 0.6) is 0 Å². The Balaban J connectivity index is 2.32. The van der Waals surface area contributed by atoms with Crippen LogP contribution in [-0.4, -0.2) is 30.5 Å². The van der Waals surface area contributed by atoms with Crippen LogP contribution in [0.1, 0.15) is 31.2 Å². The van der Waals surface area contributed by atoms with E-state index in [4.69, 9.17) is 0 Å². The molecule has 0 N–H and O–H groups in total. The molecule has 0 amide bonds. The van der Waals surface area contributed by atoms with Gasteiger partial charge in [-0.15, -0.1) is 0 Å². The molecule has 0 aromatic carbocycles. The first-order valence-electron chi connectivity index (χ1n) is 5.25. The molecule has 0 aliphatic heterocycles. The molecule has 14 heavy (non-hydrogen) atoms. The highest BCUT2D eigenvalue weighted by molar-refractivity contribution is 5.13. The Kier molecular flexibility index (Phi) is 4.60. The van der Waals surface area contributed by atoms with E-state index in [1.165, 1.54) is 24.9 Å². The summed E-state index contributed by atoms with van der Waals surface area (Å²) in [5.41, 5.74) is 1.35. The van der Waals surface area contributed by atoms with Crippen LogP contribution >= 0.6 is 0 Å². The molecule has 1 heterocycles. The lowest BCUT2D eigenvalue weighted by atomic mass is 9.98. The summed E-state index contributed by atoms with van der Waals surface area (Å²) in [6, 6.07) is 4.17. The summed E-state index contributed by atoms with van der Waals surface area (Å²) in [7, 11) is 4.24. The zero-order valence-corrected chi connectivity index (χ0v) is 9.40. The van der Waals surface area contributed by atoms with E-state index in [0.29, 0.717) is 5.92 Å². The van der Waals surface area contributed by atoms with Gasteiger partial charge >= 0.3 is 0 Å². The SMILES string of the molecule is C[C@@H](CCCN(C)C)c1cccnc1. The van der Waals surface area contributed by atoms with Crippen LogP contribution in [0.4, 0.5) is 0 Å². The molecule has 0 spiro atoms. The maximum Gasteiger partial charge on any atom is 0.0302 e. The molecule has 0 unspecified atom stereocenters. The van der Waals surface area contributed by atoms with Gasteiger partial charge in [-0.25, -0.2) is 0 Å². The maximum atomic E-state index is 4.14. The van der Waals surface area contributed by atoms with Gasteiger partial charge in [0.15, 0.2) is 0 Å². The van der Waals surface area contributed by atoms with Crippen molar-refractivity contribution in [1.82, 2.24) is 9.88 Å². The Bertz CT molecular complexity index is 244. The third-order valence-corrected chi connectivity index (χ3v) is 2.50. The van der Waals surface area contributed by atoms with E-state index in [1.54, 1.807) is 0 Å². The van der Waals surface area contributed by atoms with Crippen molar-refractivity contribution in [2.75, 3.05) is 20.6 Å². The van der Waals surface area contributed by atoms with Gasteiger partial charge in [-0.05, 0) is 51.0 Å². The zero-order chi connectivity index (χ0) is 10.4. The topological polar surface area (TPSA) is 16.1 Å². The van der Waals surface area contributed by atoms with Gasteiger partial charge in [0.25, 0.3) is 0 Å². The molecule has 1 aromatic rings. The van der Waals surface area contributed by atoms with E-state index in [1.807, 2.05) is 18.5 Å². The standard InChI is InChI=1S/C12H20N2/c1-11(6-5-9-14(2)3)12-7-4-8-13-10-12/h4,7-8,10-11H,5-6,9H2,1-3H3/t11-/m0/s1. The van der Waals surface area contributed by atoms with E-state index in [9.17, 15) is 0 Å². The van der Waals surface area contributed by atoms with Gasteiger partial charge in [0.1, 0.15) is 0 Å². The van der Waals surface area contributed by atoms with Crippen molar-refractivity contribution in [2.24, 2.45) is 0 Å². The normalized spacial score (nSPS) is 13.1. The predicted molar refractivity (Wildman–Crippen MR) is 60.4 cm³/mol. The highest BCUT2D eigenvalue weighted by atomic mass is 15.0. The summed E-state index contributed by atoms with van der Waals surface area (Å²) in [4.78, 5) is 6.37. The lowest BCUT2D eigenvalue weighted by Crippen LogP contribution is -2.13. The summed E-state index contributed by atoms with van der Waals surface area (Å²) in [6.07, 6.45) is 6.29. The van der Waals surface area contributed by atoms with Crippen molar-refractivity contribution in [1.29, 1.82) is 0 Å². The quantitative estimate of drug-likeness (QED) is 0.712. The lowest BCUT2D eigenvalue weighted by Gasteiger charge is -2.13. The van der Waals surface area contributed by atoms with Gasteiger partial charge in [-0.1, -0.05) is 13.0 Å². The largest absolute Gasteiger partial charge is 0.309 e. The molecule has 1 atom stereocenters. The number of rotatable bonds is 5. The van der Waals surface area contributed by atoms with Crippen molar-refractivity contribution in [3.05, 3.63) is 30.1 Å². The average Bonchev–Trinajstić information content (AvgIpc) is 2.18. The van der Waals surface area contributed by atoms with Crippen molar-refractivity contribution in [3.63, 3.8) is 0 Å². The number of aromatic nitrogens is 1. The van der Waals surface area contributed by atoms with Crippen molar-refractivity contribution >= 4 is 0 Å². The third-order valence-electron chi connectivity index (χ3n) is 2.50. The van der Waals surface area contributed by atoms with Crippen molar-refractivity contribution in [3.8, 4) is 0 Å². The molecule has 0 radical (unpaired) electrons. The number of hydrogen-bond acceptors (Lipinski definition) is 2. The fourth-order valence-corrected chi connectivity index (χ4v) is 1.55. The van der Waals surface area contributed by atoms with Crippen molar-refractivity contribution in [2.45, 2.75) is 25.7 Å². The molecule has 0 saturated heterocycles. The van der Waals surface area contributed by atoms with Gasteiger partial charge in [0.05, 0.1) is 0 Å². The summed E-state index contributed by atoms with van der Waals surface area (Å²) >= 11 is 0. The van der Waals surface area contributed by atoms with Gasteiger partial charge < -0.3 is 4.90 Å². The van der Waals surface area contributed by atoms with Gasteiger partial charge in [0, 0.05) is 12.4 Å². The van der Waals surface area contributed by atoms with Crippen LogP contribution < -0.4 is 0 Å². The smallest absolute Gasteiger partial charge is 0.0302 e. The predicted octanol–water partition coefficient (Wildman–Crippen LogP) is 2.53. The molecule has 0 fully saturated rings. The van der Waals surface area contributed by atoms with E-state index in [2.05, 4.69) is 37.0 Å². The van der Waals surface area contributed by atoms with Gasteiger partial charge in [-0.3, -0.25) is 4.98 Å². The fourth-order valence-electron chi connectivity index (χ4n) is 1.55. The van der Waals surface area contributed by atoms with E-state index in [0.717, 1.165) is 0 Å². The van der Waals surface area contributed by atoms with Gasteiger partial charge in [0.2, 0.25) is 0 Å². The Hall–Kier alpha value is -0.890. The molecule has 2 heteroatoms.